The summed E-state index contributed by atoms with van der Waals surface area (Å²) in [5, 5.41) is 13.9. The average Bonchev–Trinajstić information content (AvgIpc) is 2.96. The van der Waals surface area contributed by atoms with Crippen molar-refractivity contribution >= 4 is 28.9 Å². The summed E-state index contributed by atoms with van der Waals surface area (Å²) < 4.78 is 5.48. The number of nitrogens with one attached hydrogen (secondary N) is 1. The van der Waals surface area contributed by atoms with Crippen molar-refractivity contribution < 1.29 is 19.4 Å². The topological polar surface area (TPSA) is 88.5 Å². The van der Waals surface area contributed by atoms with Crippen LogP contribution in [0, 0.1) is 0 Å². The molecular weight excluding hydrogens is 316 g/mol. The first-order valence-corrected chi connectivity index (χ1v) is 8.08. The fourth-order valence-corrected chi connectivity index (χ4v) is 2.84. The van der Waals surface area contributed by atoms with Gasteiger partial charge in [-0.25, -0.2) is 4.98 Å². The van der Waals surface area contributed by atoms with E-state index in [1.807, 2.05) is 19.1 Å². The second-order valence-corrected chi connectivity index (χ2v) is 5.78. The highest BCUT2D eigenvalue weighted by atomic mass is 32.1. The fourth-order valence-electron chi connectivity index (χ4n) is 1.96. The van der Waals surface area contributed by atoms with Crippen molar-refractivity contribution in [2.45, 2.75) is 26.2 Å². The Morgan fingerprint density at radius 2 is 2.13 bits per heavy atom. The van der Waals surface area contributed by atoms with Crippen molar-refractivity contribution in [1.82, 2.24) is 4.98 Å². The summed E-state index contributed by atoms with van der Waals surface area (Å²) >= 11 is 1.29. The van der Waals surface area contributed by atoms with Crippen LogP contribution in [0.3, 0.4) is 0 Å². The van der Waals surface area contributed by atoms with Crippen LogP contribution in [0.25, 0.3) is 0 Å². The molecule has 0 saturated heterocycles. The van der Waals surface area contributed by atoms with Gasteiger partial charge in [-0.15, -0.1) is 11.3 Å². The number of amides is 1. The van der Waals surface area contributed by atoms with E-state index in [2.05, 4.69) is 10.3 Å². The van der Waals surface area contributed by atoms with E-state index in [-0.39, 0.29) is 12.3 Å². The van der Waals surface area contributed by atoms with E-state index in [1.54, 1.807) is 24.4 Å². The molecule has 0 aliphatic carbocycles. The van der Waals surface area contributed by atoms with Crippen molar-refractivity contribution in [3.8, 4) is 5.75 Å². The number of para-hydroxylation sites is 2. The number of hydrogen-bond donors (Lipinski definition) is 2. The molecule has 7 heteroatoms. The van der Waals surface area contributed by atoms with Gasteiger partial charge in [0.2, 0.25) is 5.91 Å². The van der Waals surface area contributed by atoms with Crippen LogP contribution in [-0.4, -0.2) is 28.6 Å². The summed E-state index contributed by atoms with van der Waals surface area (Å²) in [5.41, 5.74) is 1.07. The number of nitrogens with zero attached hydrogens (tertiary/aromatic N) is 1. The van der Waals surface area contributed by atoms with Gasteiger partial charge < -0.3 is 15.2 Å². The van der Waals surface area contributed by atoms with E-state index in [0.29, 0.717) is 28.7 Å². The Morgan fingerprint density at radius 3 is 2.83 bits per heavy atom. The molecule has 2 rings (SSSR count). The van der Waals surface area contributed by atoms with Crippen molar-refractivity contribution in [3.63, 3.8) is 0 Å². The molecule has 6 nitrogen and oxygen atoms in total. The van der Waals surface area contributed by atoms with E-state index < -0.39 is 11.9 Å². The van der Waals surface area contributed by atoms with Gasteiger partial charge >= 0.3 is 5.97 Å². The van der Waals surface area contributed by atoms with Gasteiger partial charge in [-0.2, -0.15) is 0 Å². The van der Waals surface area contributed by atoms with Crippen molar-refractivity contribution in [2.24, 2.45) is 0 Å². The predicted octanol–water partition coefficient (Wildman–Crippen LogP) is 2.91. The maximum atomic E-state index is 12.4. The number of carbonyl (C=O) groups is 2. The van der Waals surface area contributed by atoms with Crippen LogP contribution >= 0.6 is 11.3 Å². The molecule has 0 bridgehead atoms. The Bertz CT molecular complexity index is 699. The molecule has 23 heavy (non-hydrogen) atoms. The smallest absolute Gasteiger partial charge is 0.309 e. The molecule has 0 saturated carbocycles. The van der Waals surface area contributed by atoms with Crippen molar-refractivity contribution in [1.29, 1.82) is 0 Å². The molecule has 1 aromatic carbocycles. The number of aliphatic carboxylic acids is 1. The third kappa shape index (κ3) is 4.53. The zero-order valence-corrected chi connectivity index (χ0v) is 13.7. The summed E-state index contributed by atoms with van der Waals surface area (Å²) in [6.45, 7) is 4.12. The second kappa shape index (κ2) is 7.73. The van der Waals surface area contributed by atoms with Crippen LogP contribution in [0.15, 0.2) is 29.6 Å². The van der Waals surface area contributed by atoms with E-state index in [1.165, 1.54) is 11.3 Å². The molecule has 0 aliphatic rings. The van der Waals surface area contributed by atoms with Gasteiger partial charge in [0.1, 0.15) is 10.8 Å². The first-order chi connectivity index (χ1) is 11.0. The van der Waals surface area contributed by atoms with E-state index >= 15 is 0 Å². The second-order valence-electron chi connectivity index (χ2n) is 4.89. The van der Waals surface area contributed by atoms with E-state index in [9.17, 15) is 9.59 Å². The standard InChI is InChI=1S/C16H18N2O4S/c1-3-22-13-7-5-4-6-12(13)18-15(21)10(2)16-17-11(9-23-16)8-14(19)20/h4-7,9-10H,3,8H2,1-2H3,(H,18,21)(H,19,20). The number of carbonyl (C=O) groups excluding carboxylic acids is 1. The molecule has 122 valence electrons. The van der Waals surface area contributed by atoms with Gasteiger partial charge in [0.05, 0.1) is 30.3 Å². The Balaban J connectivity index is 2.08. The number of aromatic nitrogens is 1. The maximum absolute atomic E-state index is 12.4. The van der Waals surface area contributed by atoms with Crippen LogP contribution in [0.5, 0.6) is 5.75 Å². The van der Waals surface area contributed by atoms with E-state index in [4.69, 9.17) is 9.84 Å². The Morgan fingerprint density at radius 1 is 1.39 bits per heavy atom. The first kappa shape index (κ1) is 17.0. The monoisotopic (exact) mass is 334 g/mol. The highest BCUT2D eigenvalue weighted by molar-refractivity contribution is 7.09. The normalized spacial score (nSPS) is 11.7. The van der Waals surface area contributed by atoms with Gasteiger partial charge in [-0.3, -0.25) is 9.59 Å². The number of carboxylic acid groups (broad SMARTS) is 1. The minimum absolute atomic E-state index is 0.141. The summed E-state index contributed by atoms with van der Waals surface area (Å²) in [6.07, 6.45) is -0.141. The van der Waals surface area contributed by atoms with Crippen LogP contribution < -0.4 is 10.1 Å². The molecule has 0 fully saturated rings. The largest absolute Gasteiger partial charge is 0.492 e. The number of anilines is 1. The lowest BCUT2D eigenvalue weighted by atomic mass is 10.1. The molecule has 1 atom stereocenters. The van der Waals surface area contributed by atoms with Gasteiger partial charge in [-0.1, -0.05) is 12.1 Å². The maximum Gasteiger partial charge on any atom is 0.309 e. The minimum Gasteiger partial charge on any atom is -0.492 e. The summed E-state index contributed by atoms with van der Waals surface area (Å²) in [7, 11) is 0. The average molecular weight is 334 g/mol. The Hall–Kier alpha value is -2.41. The molecule has 0 spiro atoms. The van der Waals surface area contributed by atoms with Crippen LogP contribution in [0.2, 0.25) is 0 Å². The number of thiazole rings is 1. The lowest BCUT2D eigenvalue weighted by molar-refractivity contribution is -0.136. The highest BCUT2D eigenvalue weighted by Crippen LogP contribution is 2.27. The third-order valence-corrected chi connectivity index (χ3v) is 4.19. The minimum atomic E-state index is -0.940. The third-order valence-electron chi connectivity index (χ3n) is 3.11. The van der Waals surface area contributed by atoms with Crippen molar-refractivity contribution in [2.75, 3.05) is 11.9 Å². The summed E-state index contributed by atoms with van der Waals surface area (Å²) in [4.78, 5) is 27.3. The van der Waals surface area contributed by atoms with Gasteiger partial charge in [-0.05, 0) is 26.0 Å². The Kier molecular flexibility index (Phi) is 5.70. The molecule has 1 aromatic heterocycles. The molecule has 0 aliphatic heterocycles. The first-order valence-electron chi connectivity index (χ1n) is 7.20. The number of benzene rings is 1. The summed E-state index contributed by atoms with van der Waals surface area (Å²) in [5.74, 6) is -1.02. The molecule has 1 amide bonds. The predicted molar refractivity (Wildman–Crippen MR) is 88.1 cm³/mol. The summed E-state index contributed by atoms with van der Waals surface area (Å²) in [6, 6.07) is 7.21. The molecule has 2 N–H and O–H groups in total. The molecule has 2 aromatic rings. The van der Waals surface area contributed by atoms with Crippen LogP contribution in [-0.2, 0) is 16.0 Å². The number of ether oxygens (including phenoxy) is 1. The zero-order valence-electron chi connectivity index (χ0n) is 12.9. The lowest BCUT2D eigenvalue weighted by Crippen LogP contribution is -2.19. The van der Waals surface area contributed by atoms with Gasteiger partial charge in [0, 0.05) is 5.38 Å². The highest BCUT2D eigenvalue weighted by Gasteiger charge is 2.20. The van der Waals surface area contributed by atoms with Gasteiger partial charge in [0.15, 0.2) is 0 Å². The number of hydrogen-bond acceptors (Lipinski definition) is 5. The molecule has 1 unspecified atom stereocenters. The number of rotatable bonds is 7. The van der Waals surface area contributed by atoms with Crippen LogP contribution in [0.4, 0.5) is 5.69 Å². The molecule has 0 radical (unpaired) electrons. The lowest BCUT2D eigenvalue weighted by Gasteiger charge is -2.13. The van der Waals surface area contributed by atoms with Crippen molar-refractivity contribution in [3.05, 3.63) is 40.3 Å². The SMILES string of the molecule is CCOc1ccccc1NC(=O)C(C)c1nc(CC(=O)O)cs1. The molecular formula is C16H18N2O4S. The molecule has 1 heterocycles. The van der Waals surface area contributed by atoms with Gasteiger partial charge in [0.25, 0.3) is 0 Å². The fraction of sp³-hybridized carbons (Fsp3) is 0.312. The quantitative estimate of drug-likeness (QED) is 0.813. The number of carboxylic acids is 1. The Labute approximate surface area is 138 Å². The van der Waals surface area contributed by atoms with E-state index in [0.717, 1.165) is 0 Å². The van der Waals surface area contributed by atoms with Crippen LogP contribution in [0.1, 0.15) is 30.5 Å². The zero-order chi connectivity index (χ0) is 16.8.